The first-order chi connectivity index (χ1) is 9.31. The molecule has 3 unspecified atom stereocenters. The van der Waals surface area contributed by atoms with Crippen molar-refractivity contribution < 1.29 is 0 Å². The van der Waals surface area contributed by atoms with Gasteiger partial charge in [0.15, 0.2) is 0 Å². The zero-order valence-corrected chi connectivity index (χ0v) is 13.7. The van der Waals surface area contributed by atoms with Gasteiger partial charge in [-0.05, 0) is 40.3 Å². The van der Waals surface area contributed by atoms with Crippen LogP contribution in [0.25, 0.3) is 0 Å². The second-order valence-electron chi connectivity index (χ2n) is 6.61. The fourth-order valence-electron chi connectivity index (χ4n) is 3.44. The summed E-state index contributed by atoms with van der Waals surface area (Å²) in [5.74, 6) is 1.93. The average molecular weight is 279 g/mol. The molecule has 20 heavy (non-hydrogen) atoms. The molecule has 5 heteroatoms. The molecule has 0 bridgehead atoms. The largest absolute Gasteiger partial charge is 0.355 e. The highest BCUT2D eigenvalue weighted by molar-refractivity contribution is 5.52. The SMILES string of the molecule is Cc1nn(C)c(N2CC(C)C(N(C)C)C2)c1CC(C)N. The molecule has 1 aliphatic rings. The fraction of sp³-hybridized carbons (Fsp3) is 0.800. The minimum absolute atomic E-state index is 0.168. The van der Waals surface area contributed by atoms with Crippen LogP contribution in [0.15, 0.2) is 0 Å². The summed E-state index contributed by atoms with van der Waals surface area (Å²) in [5, 5.41) is 4.61. The van der Waals surface area contributed by atoms with Gasteiger partial charge < -0.3 is 15.5 Å². The number of likely N-dealkylation sites (N-methyl/N-ethyl adjacent to an activating group) is 1. The monoisotopic (exact) mass is 279 g/mol. The first-order valence-electron chi connectivity index (χ1n) is 7.50. The molecular formula is C15H29N5. The van der Waals surface area contributed by atoms with E-state index in [1.54, 1.807) is 0 Å². The van der Waals surface area contributed by atoms with E-state index in [0.29, 0.717) is 12.0 Å². The van der Waals surface area contributed by atoms with Gasteiger partial charge in [-0.3, -0.25) is 4.68 Å². The van der Waals surface area contributed by atoms with Crippen LogP contribution in [0.3, 0.4) is 0 Å². The van der Waals surface area contributed by atoms with Crippen LogP contribution in [0.4, 0.5) is 5.82 Å². The van der Waals surface area contributed by atoms with Crippen LogP contribution in [-0.4, -0.2) is 53.9 Å². The van der Waals surface area contributed by atoms with Gasteiger partial charge in [0.05, 0.1) is 5.69 Å². The molecule has 0 aromatic carbocycles. The van der Waals surface area contributed by atoms with Crippen molar-refractivity contribution in [2.45, 2.75) is 39.3 Å². The van der Waals surface area contributed by atoms with E-state index in [2.05, 4.69) is 49.8 Å². The number of nitrogens with two attached hydrogens (primary N) is 1. The molecule has 3 atom stereocenters. The molecule has 2 rings (SSSR count). The first-order valence-corrected chi connectivity index (χ1v) is 7.50. The van der Waals surface area contributed by atoms with Crippen LogP contribution >= 0.6 is 0 Å². The van der Waals surface area contributed by atoms with E-state index in [4.69, 9.17) is 5.73 Å². The number of aryl methyl sites for hydroxylation is 2. The van der Waals surface area contributed by atoms with Gasteiger partial charge in [-0.25, -0.2) is 0 Å². The van der Waals surface area contributed by atoms with Crippen molar-refractivity contribution >= 4 is 5.82 Å². The lowest BCUT2D eigenvalue weighted by molar-refractivity contribution is 0.266. The third-order valence-corrected chi connectivity index (χ3v) is 4.37. The highest BCUT2D eigenvalue weighted by atomic mass is 15.4. The molecule has 2 N–H and O–H groups in total. The maximum atomic E-state index is 6.01. The van der Waals surface area contributed by atoms with E-state index in [-0.39, 0.29) is 6.04 Å². The van der Waals surface area contributed by atoms with Gasteiger partial charge in [0.1, 0.15) is 5.82 Å². The van der Waals surface area contributed by atoms with E-state index < -0.39 is 0 Å². The van der Waals surface area contributed by atoms with Crippen LogP contribution in [0.5, 0.6) is 0 Å². The van der Waals surface area contributed by atoms with Crippen molar-refractivity contribution in [1.82, 2.24) is 14.7 Å². The summed E-state index contributed by atoms with van der Waals surface area (Å²) in [7, 11) is 6.38. The summed E-state index contributed by atoms with van der Waals surface area (Å²) >= 11 is 0. The van der Waals surface area contributed by atoms with Gasteiger partial charge in [-0.15, -0.1) is 0 Å². The highest BCUT2D eigenvalue weighted by Gasteiger charge is 2.34. The van der Waals surface area contributed by atoms with Crippen LogP contribution < -0.4 is 10.6 Å². The second kappa shape index (κ2) is 5.74. The Morgan fingerprint density at radius 1 is 1.40 bits per heavy atom. The molecule has 1 aromatic heterocycles. The Morgan fingerprint density at radius 2 is 2.05 bits per heavy atom. The van der Waals surface area contributed by atoms with Crippen molar-refractivity contribution in [2.75, 3.05) is 32.1 Å². The summed E-state index contributed by atoms with van der Waals surface area (Å²) in [6.07, 6.45) is 0.895. The Kier molecular flexibility index (Phi) is 4.39. The van der Waals surface area contributed by atoms with E-state index in [1.165, 1.54) is 11.4 Å². The Bertz CT molecular complexity index is 463. The third kappa shape index (κ3) is 2.83. The van der Waals surface area contributed by atoms with Crippen LogP contribution in [0, 0.1) is 12.8 Å². The molecule has 5 nitrogen and oxygen atoms in total. The lowest BCUT2D eigenvalue weighted by Gasteiger charge is -2.24. The topological polar surface area (TPSA) is 50.3 Å². The summed E-state index contributed by atoms with van der Waals surface area (Å²) in [4.78, 5) is 4.81. The highest BCUT2D eigenvalue weighted by Crippen LogP contribution is 2.30. The Labute approximate surface area is 122 Å². The Morgan fingerprint density at radius 3 is 2.55 bits per heavy atom. The molecule has 1 fully saturated rings. The molecule has 1 aliphatic heterocycles. The maximum Gasteiger partial charge on any atom is 0.130 e. The van der Waals surface area contributed by atoms with Crippen molar-refractivity contribution in [1.29, 1.82) is 0 Å². The zero-order valence-electron chi connectivity index (χ0n) is 13.7. The normalized spacial score (nSPS) is 24.7. The van der Waals surface area contributed by atoms with Crippen molar-refractivity contribution in [2.24, 2.45) is 18.7 Å². The first kappa shape index (κ1) is 15.3. The standard InChI is InChI=1S/C15H29N5/c1-10-8-20(9-14(10)18(4)5)15-13(7-11(2)16)12(3)17-19(15)6/h10-11,14H,7-9,16H2,1-6H3. The van der Waals surface area contributed by atoms with Crippen LogP contribution in [-0.2, 0) is 13.5 Å². The molecule has 0 saturated carbocycles. The number of hydrogen-bond donors (Lipinski definition) is 1. The van der Waals surface area contributed by atoms with Gasteiger partial charge in [0.2, 0.25) is 0 Å². The zero-order chi connectivity index (χ0) is 15.0. The predicted octanol–water partition coefficient (Wildman–Crippen LogP) is 1.00. The third-order valence-electron chi connectivity index (χ3n) is 4.37. The van der Waals surface area contributed by atoms with E-state index in [9.17, 15) is 0 Å². The molecule has 0 radical (unpaired) electrons. The molecule has 0 spiro atoms. The lowest BCUT2D eigenvalue weighted by Crippen LogP contribution is -2.34. The molecule has 2 heterocycles. The van der Waals surface area contributed by atoms with E-state index in [1.807, 2.05) is 11.7 Å². The molecule has 114 valence electrons. The summed E-state index contributed by atoms with van der Waals surface area (Å²) < 4.78 is 2.03. The Hall–Kier alpha value is -1.07. The Balaban J connectivity index is 2.29. The second-order valence-corrected chi connectivity index (χ2v) is 6.61. The van der Waals surface area contributed by atoms with Gasteiger partial charge >= 0.3 is 0 Å². The van der Waals surface area contributed by atoms with Gasteiger partial charge in [-0.2, -0.15) is 5.10 Å². The summed E-state index contributed by atoms with van der Waals surface area (Å²) in [5.41, 5.74) is 8.43. The molecular weight excluding hydrogens is 250 g/mol. The fourth-order valence-corrected chi connectivity index (χ4v) is 3.44. The lowest BCUT2D eigenvalue weighted by atomic mass is 10.1. The van der Waals surface area contributed by atoms with Crippen LogP contribution in [0.1, 0.15) is 25.1 Å². The molecule has 0 aliphatic carbocycles. The van der Waals surface area contributed by atoms with Gasteiger partial charge in [0.25, 0.3) is 0 Å². The van der Waals surface area contributed by atoms with Crippen molar-refractivity contribution in [3.63, 3.8) is 0 Å². The summed E-state index contributed by atoms with van der Waals surface area (Å²) in [6, 6.07) is 0.773. The average Bonchev–Trinajstić information content (AvgIpc) is 2.80. The molecule has 1 aromatic rings. The van der Waals surface area contributed by atoms with Crippen molar-refractivity contribution in [3.8, 4) is 0 Å². The number of nitrogens with zero attached hydrogens (tertiary/aromatic N) is 4. The predicted molar refractivity (Wildman–Crippen MR) is 84.2 cm³/mol. The molecule has 0 amide bonds. The molecule has 1 saturated heterocycles. The number of aromatic nitrogens is 2. The van der Waals surface area contributed by atoms with Gasteiger partial charge in [-0.1, -0.05) is 6.92 Å². The number of anilines is 1. The number of hydrogen-bond acceptors (Lipinski definition) is 4. The minimum Gasteiger partial charge on any atom is -0.355 e. The van der Waals surface area contributed by atoms with E-state index in [0.717, 1.165) is 25.2 Å². The summed E-state index contributed by atoms with van der Waals surface area (Å²) in [6.45, 7) is 8.64. The number of rotatable bonds is 4. The van der Waals surface area contributed by atoms with Crippen molar-refractivity contribution in [3.05, 3.63) is 11.3 Å². The van der Waals surface area contributed by atoms with Gasteiger partial charge in [0, 0.05) is 37.8 Å². The van der Waals surface area contributed by atoms with Crippen LogP contribution in [0.2, 0.25) is 0 Å². The quantitative estimate of drug-likeness (QED) is 0.893. The van der Waals surface area contributed by atoms with E-state index >= 15 is 0 Å². The minimum atomic E-state index is 0.168. The maximum absolute atomic E-state index is 6.01. The smallest absolute Gasteiger partial charge is 0.130 e.